The van der Waals surface area contributed by atoms with Crippen molar-refractivity contribution in [3.8, 4) is 0 Å². The minimum absolute atomic E-state index is 0.101. The van der Waals surface area contributed by atoms with Gasteiger partial charge in [0.1, 0.15) is 12.2 Å². The SMILES string of the molecule is [2H][13C]([2H])(CCC)[15N]1C[C@H](O)[C@@H](O)[C@H](O)[C@H]1CO. The van der Waals surface area contributed by atoms with Gasteiger partial charge in [0.15, 0.2) is 0 Å². The Morgan fingerprint density at radius 3 is 2.53 bits per heavy atom. The molecule has 15 heavy (non-hydrogen) atoms. The molecule has 1 heterocycles. The van der Waals surface area contributed by atoms with Gasteiger partial charge in [0, 0.05) is 9.29 Å². The summed E-state index contributed by atoms with van der Waals surface area (Å²) in [5, 5.41) is 38.0. The van der Waals surface area contributed by atoms with E-state index in [2.05, 4.69) is 0 Å². The van der Waals surface area contributed by atoms with Crippen molar-refractivity contribution >= 4 is 0 Å². The highest BCUT2D eigenvalue weighted by molar-refractivity contribution is 4.93. The summed E-state index contributed by atoms with van der Waals surface area (Å²) in [6, 6.07) is -0.894. The lowest BCUT2D eigenvalue weighted by Gasteiger charge is -2.43. The van der Waals surface area contributed by atoms with E-state index >= 15 is 0 Å². The van der Waals surface area contributed by atoms with Crippen molar-refractivity contribution in [1.82, 2.24) is 4.90 Å². The summed E-state index contributed by atoms with van der Waals surface area (Å²) in [6.07, 6.45) is -3.06. The summed E-state index contributed by atoms with van der Waals surface area (Å²) in [5.74, 6) is 0. The molecule has 0 unspecified atom stereocenters. The first-order valence-electron chi connectivity index (χ1n) is 6.27. The van der Waals surface area contributed by atoms with Crippen molar-refractivity contribution in [3.05, 3.63) is 0 Å². The third-order valence-electron chi connectivity index (χ3n) is 2.67. The van der Waals surface area contributed by atoms with E-state index in [0.717, 1.165) is 0 Å². The van der Waals surface area contributed by atoms with Crippen LogP contribution in [0.1, 0.15) is 22.5 Å². The Morgan fingerprint density at radius 1 is 1.33 bits per heavy atom. The Bertz CT molecular complexity index is 254. The van der Waals surface area contributed by atoms with Gasteiger partial charge in [-0.2, -0.15) is 0 Å². The maximum atomic E-state index is 9.73. The minimum Gasteiger partial charge on any atom is -0.395 e. The van der Waals surface area contributed by atoms with E-state index in [1.165, 1.54) is 4.90 Å². The van der Waals surface area contributed by atoms with E-state index in [1.807, 2.05) is 6.92 Å². The highest BCUT2D eigenvalue weighted by atomic mass is 16.4. The standard InChI is InChI=1S/C10H21NO4/c1-2-3-4-11-5-8(13)10(15)9(14)7(11)6-12/h7-10,12-15H,2-6H2,1H3/t7-,8+,9-,10-/m1/s1/i4+1D2,11+1. The zero-order valence-corrected chi connectivity index (χ0v) is 8.87. The van der Waals surface area contributed by atoms with Crippen LogP contribution in [0.5, 0.6) is 0 Å². The molecule has 0 amide bonds. The van der Waals surface area contributed by atoms with Crippen LogP contribution in [0.2, 0.25) is 0 Å². The molecule has 0 radical (unpaired) electrons. The predicted octanol–water partition coefficient (Wildman–Crippen LogP) is -1.45. The van der Waals surface area contributed by atoms with Crippen LogP contribution in [0, 0.1) is 0 Å². The van der Waals surface area contributed by atoms with Crippen molar-refractivity contribution in [2.45, 2.75) is 44.1 Å². The van der Waals surface area contributed by atoms with Crippen LogP contribution < -0.4 is 0 Å². The predicted molar refractivity (Wildman–Crippen MR) is 55.4 cm³/mol. The fourth-order valence-corrected chi connectivity index (χ4v) is 1.73. The first-order valence-corrected chi connectivity index (χ1v) is 5.27. The maximum absolute atomic E-state index is 9.73. The second-order valence-electron chi connectivity index (χ2n) is 3.86. The molecule has 5 heteroatoms. The smallest absolute Gasteiger partial charge is 0.109 e. The molecule has 0 aromatic rings. The number of rotatable bonds is 4. The second-order valence-corrected chi connectivity index (χ2v) is 3.86. The summed E-state index contributed by atoms with van der Waals surface area (Å²) in [5.41, 5.74) is 0. The number of hydrogen-bond donors (Lipinski definition) is 4. The molecule has 4 atom stereocenters. The van der Waals surface area contributed by atoms with Gasteiger partial charge in [0.05, 0.1) is 18.8 Å². The summed E-state index contributed by atoms with van der Waals surface area (Å²) >= 11 is 0. The topological polar surface area (TPSA) is 84.2 Å². The Hall–Kier alpha value is -0.200. The molecule has 0 saturated carbocycles. The van der Waals surface area contributed by atoms with Gasteiger partial charge in [-0.1, -0.05) is 13.3 Å². The van der Waals surface area contributed by atoms with Gasteiger partial charge >= 0.3 is 0 Å². The van der Waals surface area contributed by atoms with E-state index in [0.29, 0.717) is 6.42 Å². The van der Waals surface area contributed by atoms with Crippen LogP contribution in [-0.2, 0) is 0 Å². The highest BCUT2D eigenvalue weighted by Gasteiger charge is 2.40. The fraction of sp³-hybridized carbons (Fsp3) is 1.00. The molecule has 0 spiro atoms. The third kappa shape index (κ3) is 2.89. The molecule has 0 aromatic carbocycles. The van der Waals surface area contributed by atoms with Gasteiger partial charge < -0.3 is 20.4 Å². The van der Waals surface area contributed by atoms with Gasteiger partial charge in [-0.3, -0.25) is 4.90 Å². The molecule has 90 valence electrons. The van der Waals surface area contributed by atoms with Gasteiger partial charge in [0.2, 0.25) is 0 Å². The van der Waals surface area contributed by atoms with Crippen molar-refractivity contribution in [2.75, 3.05) is 19.6 Å². The first-order chi connectivity index (χ1) is 7.85. The van der Waals surface area contributed by atoms with Gasteiger partial charge in [-0.15, -0.1) is 0 Å². The number of aliphatic hydroxyl groups excluding tert-OH is 4. The van der Waals surface area contributed by atoms with Crippen molar-refractivity contribution < 1.29 is 23.2 Å². The largest absolute Gasteiger partial charge is 0.395 e. The van der Waals surface area contributed by atoms with Crippen LogP contribution in [-0.4, -0.2) is 69.3 Å². The Balaban J connectivity index is 2.89. The van der Waals surface area contributed by atoms with E-state index in [9.17, 15) is 20.4 Å². The minimum atomic E-state index is -1.72. The van der Waals surface area contributed by atoms with E-state index < -0.39 is 37.5 Å². The lowest BCUT2D eigenvalue weighted by Crippen LogP contribution is -2.62. The van der Waals surface area contributed by atoms with Crippen LogP contribution in [0.25, 0.3) is 0 Å². The lowest BCUT2D eigenvalue weighted by molar-refractivity contribution is -0.145. The average molecular weight is 223 g/mol. The van der Waals surface area contributed by atoms with Crippen LogP contribution >= 0.6 is 0 Å². The zero-order valence-electron chi connectivity index (χ0n) is 10.9. The highest BCUT2D eigenvalue weighted by Crippen LogP contribution is 2.19. The number of aliphatic hydroxyl groups is 4. The number of likely N-dealkylation sites (tertiary alicyclic amines) is 1. The average Bonchev–Trinajstić information content (AvgIpc) is 2.25. The fourth-order valence-electron chi connectivity index (χ4n) is 1.73. The van der Waals surface area contributed by atoms with E-state index in [4.69, 9.17) is 2.74 Å². The summed E-state index contributed by atoms with van der Waals surface area (Å²) < 4.78 is 15.8. The number of hydrogen-bond acceptors (Lipinski definition) is 5. The molecule has 0 aromatic heterocycles. The number of β-amino-alcohol motifs (C(OH)–C–C–N with tert-alkyl or cyclic N) is 1. The molecular weight excluding hydrogens is 200 g/mol. The Labute approximate surface area is 92.8 Å². The molecular formula is C10H21NO4. The summed E-state index contributed by atoms with van der Waals surface area (Å²) in [4.78, 5) is 1.23. The number of piperidine rings is 1. The zero-order chi connectivity index (χ0) is 13.2. The van der Waals surface area contributed by atoms with Crippen LogP contribution in [0.15, 0.2) is 0 Å². The molecule has 1 rings (SSSR count). The normalized spacial score (nSPS) is 41.1. The molecule has 4 N–H and O–H groups in total. The van der Waals surface area contributed by atoms with Gasteiger partial charge in [0.25, 0.3) is 0 Å². The van der Waals surface area contributed by atoms with E-state index in [1.54, 1.807) is 0 Å². The van der Waals surface area contributed by atoms with Crippen molar-refractivity contribution in [2.24, 2.45) is 0 Å². The Kier molecular flexibility index (Phi) is 3.84. The molecule has 1 aliphatic rings. The monoisotopic (exact) mass is 223 g/mol. The lowest BCUT2D eigenvalue weighted by atomic mass is 9.98. The molecule has 1 fully saturated rings. The first kappa shape index (κ1) is 9.99. The quantitative estimate of drug-likeness (QED) is 0.346. The molecule has 1 aliphatic heterocycles. The maximum Gasteiger partial charge on any atom is 0.109 e. The molecule has 5 nitrogen and oxygen atoms in total. The van der Waals surface area contributed by atoms with Gasteiger partial charge in [-0.25, -0.2) is 0 Å². The van der Waals surface area contributed by atoms with Gasteiger partial charge in [-0.05, 0) is 12.9 Å². The molecule has 1 saturated heterocycles. The summed E-state index contributed by atoms with van der Waals surface area (Å²) in [7, 11) is 0. The number of nitrogens with zero attached hydrogens (tertiary/aromatic N) is 1. The van der Waals surface area contributed by atoms with Crippen LogP contribution in [0.3, 0.4) is 0 Å². The molecule has 0 aliphatic carbocycles. The van der Waals surface area contributed by atoms with Crippen LogP contribution in [0.4, 0.5) is 0 Å². The third-order valence-corrected chi connectivity index (χ3v) is 2.67. The van der Waals surface area contributed by atoms with E-state index in [-0.39, 0.29) is 13.0 Å². The Morgan fingerprint density at radius 2 is 2.00 bits per heavy atom. The summed E-state index contributed by atoms with van der Waals surface area (Å²) in [6.45, 7) is -0.452. The van der Waals surface area contributed by atoms with Crippen molar-refractivity contribution in [3.63, 3.8) is 0 Å². The molecule has 0 bridgehead atoms. The second kappa shape index (κ2) is 5.77. The van der Waals surface area contributed by atoms with Crippen molar-refractivity contribution in [1.29, 1.82) is 0 Å².